The minimum atomic E-state index is -4.53. The predicted octanol–water partition coefficient (Wildman–Crippen LogP) is 4.61. The third-order valence-corrected chi connectivity index (χ3v) is 7.42. The van der Waals surface area contributed by atoms with Crippen molar-refractivity contribution in [3.05, 3.63) is 46.8 Å². The van der Waals surface area contributed by atoms with E-state index in [1.165, 1.54) is 0 Å². The molecule has 214 valence electrons. The van der Waals surface area contributed by atoms with E-state index in [1.54, 1.807) is 4.90 Å². The van der Waals surface area contributed by atoms with Crippen LogP contribution in [0, 0.1) is 0 Å². The number of halogens is 3. The maximum Gasteiger partial charge on any atom is 0.435 e. The molecule has 0 spiro atoms. The molecule has 3 heterocycles. The van der Waals surface area contributed by atoms with Crippen molar-refractivity contribution >= 4 is 11.8 Å². The number of H-pyrrole nitrogens is 1. The summed E-state index contributed by atoms with van der Waals surface area (Å²) in [6, 6.07) is 6.66. The second kappa shape index (κ2) is 12.8. The van der Waals surface area contributed by atoms with Gasteiger partial charge in [0.25, 0.3) is 0 Å². The molecule has 8 nitrogen and oxygen atoms in total. The molecule has 0 bridgehead atoms. The van der Waals surface area contributed by atoms with Gasteiger partial charge in [0.15, 0.2) is 5.69 Å². The lowest BCUT2D eigenvalue weighted by molar-refractivity contribution is -0.141. The van der Waals surface area contributed by atoms with Crippen LogP contribution in [0.1, 0.15) is 80.9 Å². The molecular formula is C28H38F3N5O3. The number of amides is 2. The number of rotatable bonds is 5. The van der Waals surface area contributed by atoms with E-state index in [2.05, 4.69) is 34.3 Å². The number of nitrogens with one attached hydrogen (secondary N) is 2. The second-order valence-electron chi connectivity index (χ2n) is 10.7. The number of fused-ring (bicyclic) bond motifs is 1. The van der Waals surface area contributed by atoms with Crippen LogP contribution >= 0.6 is 0 Å². The summed E-state index contributed by atoms with van der Waals surface area (Å²) in [7, 11) is 0. The fourth-order valence-electron chi connectivity index (χ4n) is 5.18. The normalized spacial score (nSPS) is 20.0. The van der Waals surface area contributed by atoms with Crippen LogP contribution < -0.4 is 10.1 Å². The van der Waals surface area contributed by atoms with Crippen molar-refractivity contribution in [2.45, 2.75) is 83.6 Å². The van der Waals surface area contributed by atoms with Crippen LogP contribution in [0.15, 0.2) is 24.3 Å². The molecule has 0 aliphatic carbocycles. The number of aromatic amines is 1. The Hall–Kier alpha value is -3.08. The van der Waals surface area contributed by atoms with Gasteiger partial charge in [-0.3, -0.25) is 19.6 Å². The minimum absolute atomic E-state index is 0.00644. The van der Waals surface area contributed by atoms with Crippen LogP contribution in [0.25, 0.3) is 0 Å². The maximum atomic E-state index is 13.2. The number of hydrogen-bond acceptors (Lipinski definition) is 5. The van der Waals surface area contributed by atoms with E-state index in [0.717, 1.165) is 48.6 Å². The summed E-state index contributed by atoms with van der Waals surface area (Å²) in [5, 5.41) is 8.88. The Bertz CT molecular complexity index is 1130. The van der Waals surface area contributed by atoms with E-state index in [9.17, 15) is 22.8 Å². The number of carbonyl (C=O) groups is 2. The number of nitrogens with zero attached hydrogens (tertiary/aromatic N) is 3. The Morgan fingerprint density at radius 1 is 1.15 bits per heavy atom. The molecule has 0 saturated carbocycles. The molecule has 1 unspecified atom stereocenters. The second-order valence-corrected chi connectivity index (χ2v) is 10.7. The van der Waals surface area contributed by atoms with Crippen LogP contribution in [-0.2, 0) is 28.7 Å². The Morgan fingerprint density at radius 2 is 1.97 bits per heavy atom. The summed E-state index contributed by atoms with van der Waals surface area (Å²) >= 11 is 0. The van der Waals surface area contributed by atoms with Gasteiger partial charge in [0.1, 0.15) is 5.75 Å². The lowest BCUT2D eigenvalue weighted by Gasteiger charge is -2.27. The lowest BCUT2D eigenvalue weighted by Crippen LogP contribution is -2.40. The van der Waals surface area contributed by atoms with Crippen molar-refractivity contribution < 1.29 is 27.5 Å². The average Bonchev–Trinajstić information content (AvgIpc) is 3.56. The van der Waals surface area contributed by atoms with Crippen molar-refractivity contribution in [3.63, 3.8) is 0 Å². The van der Waals surface area contributed by atoms with Gasteiger partial charge in [-0.25, -0.2) is 0 Å². The van der Waals surface area contributed by atoms with Gasteiger partial charge in [-0.15, -0.1) is 0 Å². The van der Waals surface area contributed by atoms with Gasteiger partial charge in [-0.1, -0.05) is 12.1 Å². The largest absolute Gasteiger partial charge is 0.493 e. The van der Waals surface area contributed by atoms with Gasteiger partial charge < -0.3 is 15.0 Å². The number of alkyl halides is 3. The quantitative estimate of drug-likeness (QED) is 0.569. The summed E-state index contributed by atoms with van der Waals surface area (Å²) in [5.74, 6) is 0.697. The first kappa shape index (κ1) is 28.9. The summed E-state index contributed by atoms with van der Waals surface area (Å²) in [6.45, 7) is 6.71. The molecule has 39 heavy (non-hydrogen) atoms. The van der Waals surface area contributed by atoms with Gasteiger partial charge in [0.2, 0.25) is 11.8 Å². The highest BCUT2D eigenvalue weighted by atomic mass is 19.4. The van der Waals surface area contributed by atoms with E-state index in [-0.39, 0.29) is 24.3 Å². The van der Waals surface area contributed by atoms with Crippen LogP contribution in [0.3, 0.4) is 0 Å². The monoisotopic (exact) mass is 549 g/mol. The topological polar surface area (TPSA) is 90.6 Å². The molecule has 1 atom stereocenters. The molecule has 2 aliphatic heterocycles. The van der Waals surface area contributed by atoms with Crippen molar-refractivity contribution in [1.82, 2.24) is 25.3 Å². The molecule has 1 aromatic carbocycles. The summed E-state index contributed by atoms with van der Waals surface area (Å²) in [5.41, 5.74) is 1.29. The number of aromatic nitrogens is 2. The first-order valence-corrected chi connectivity index (χ1v) is 13.8. The highest BCUT2D eigenvalue weighted by Gasteiger charge is 2.37. The number of benzene rings is 1. The van der Waals surface area contributed by atoms with E-state index in [4.69, 9.17) is 4.74 Å². The molecule has 11 heteroatoms. The van der Waals surface area contributed by atoms with Crippen LogP contribution in [-0.4, -0.2) is 64.1 Å². The number of hydrogen-bond donors (Lipinski definition) is 2. The fraction of sp³-hybridized carbons (Fsp3) is 0.607. The van der Waals surface area contributed by atoms with Crippen LogP contribution in [0.4, 0.5) is 13.2 Å². The predicted molar refractivity (Wildman–Crippen MR) is 140 cm³/mol. The van der Waals surface area contributed by atoms with E-state index >= 15 is 0 Å². The standard InChI is InChI=1S/C28H38F3N5O3/c1-19(2)35-17-21-15-20(8-10-24(21)39-14-5-3-4-12-32-26(37)18-35)9-11-27(38)36-13-6-7-23(36)22-16-25(34-33-22)28(29,30)31/h8,10,15-16,19,23H,3-7,9,11-14,17-18H2,1-2H3,(H,32,37)(H,33,34). The van der Waals surface area contributed by atoms with Gasteiger partial charge in [0.05, 0.1) is 24.9 Å². The first-order valence-electron chi connectivity index (χ1n) is 13.8. The Morgan fingerprint density at radius 3 is 2.72 bits per heavy atom. The van der Waals surface area contributed by atoms with Gasteiger partial charge in [-0.2, -0.15) is 18.3 Å². The molecule has 2 amide bonds. The van der Waals surface area contributed by atoms with Gasteiger partial charge in [-0.05, 0) is 70.1 Å². The zero-order valence-corrected chi connectivity index (χ0v) is 22.6. The maximum absolute atomic E-state index is 13.2. The molecular weight excluding hydrogens is 511 g/mol. The van der Waals surface area contributed by atoms with Crippen LogP contribution in [0.5, 0.6) is 5.75 Å². The zero-order chi connectivity index (χ0) is 28.0. The summed E-state index contributed by atoms with van der Waals surface area (Å²) in [4.78, 5) is 29.4. The molecule has 4 rings (SSSR count). The van der Waals surface area contributed by atoms with E-state index in [1.807, 2.05) is 18.2 Å². The minimum Gasteiger partial charge on any atom is -0.493 e. The molecule has 0 radical (unpaired) electrons. The third-order valence-electron chi connectivity index (χ3n) is 7.42. The summed E-state index contributed by atoms with van der Waals surface area (Å²) < 4.78 is 45.1. The Kier molecular flexibility index (Phi) is 9.53. The highest BCUT2D eigenvalue weighted by Crippen LogP contribution is 2.35. The zero-order valence-electron chi connectivity index (χ0n) is 22.6. The Labute approximate surface area is 227 Å². The fourth-order valence-corrected chi connectivity index (χ4v) is 5.18. The average molecular weight is 550 g/mol. The molecule has 1 saturated heterocycles. The summed E-state index contributed by atoms with van der Waals surface area (Å²) in [6.07, 6.45) is 0.320. The van der Waals surface area contributed by atoms with E-state index < -0.39 is 17.9 Å². The lowest BCUT2D eigenvalue weighted by atomic mass is 10.0. The Balaban J connectivity index is 1.45. The van der Waals surface area contributed by atoms with Crippen LogP contribution in [0.2, 0.25) is 0 Å². The molecule has 2 N–H and O–H groups in total. The van der Waals surface area contributed by atoms with Crippen molar-refractivity contribution in [2.75, 3.05) is 26.2 Å². The molecule has 1 aromatic heterocycles. The third kappa shape index (κ3) is 7.74. The van der Waals surface area contributed by atoms with Crippen molar-refractivity contribution in [3.8, 4) is 5.75 Å². The molecule has 2 aromatic rings. The number of aryl methyl sites for hydroxylation is 1. The van der Waals surface area contributed by atoms with Crippen molar-refractivity contribution in [2.24, 2.45) is 0 Å². The van der Waals surface area contributed by atoms with E-state index in [0.29, 0.717) is 51.3 Å². The van der Waals surface area contributed by atoms with Gasteiger partial charge in [0, 0.05) is 37.7 Å². The first-order chi connectivity index (χ1) is 18.6. The highest BCUT2D eigenvalue weighted by molar-refractivity contribution is 5.78. The molecule has 2 aliphatic rings. The number of likely N-dealkylation sites (tertiary alicyclic amines) is 1. The molecule has 1 fully saturated rings. The smallest absolute Gasteiger partial charge is 0.435 e. The van der Waals surface area contributed by atoms with Gasteiger partial charge >= 0.3 is 6.18 Å². The number of ether oxygens (including phenoxy) is 1. The number of carbonyl (C=O) groups excluding carboxylic acids is 2. The SMILES string of the molecule is CC(C)N1CC(=O)NCCCCCOc2ccc(CCC(=O)N3CCCC3c3cc(C(F)(F)F)n[nH]3)cc2C1. The van der Waals surface area contributed by atoms with Crippen molar-refractivity contribution in [1.29, 1.82) is 0 Å².